The molecule has 0 aliphatic carbocycles. The van der Waals surface area contributed by atoms with Gasteiger partial charge in [-0.1, -0.05) is 0 Å². The summed E-state index contributed by atoms with van der Waals surface area (Å²) in [5.74, 6) is -0.167. The van der Waals surface area contributed by atoms with Crippen molar-refractivity contribution in [3.63, 3.8) is 0 Å². The molecule has 7 heteroatoms. The van der Waals surface area contributed by atoms with Gasteiger partial charge in [0.2, 0.25) is 0 Å². The number of aromatic nitrogens is 4. The van der Waals surface area contributed by atoms with Crippen molar-refractivity contribution in [3.05, 3.63) is 60.4 Å². The van der Waals surface area contributed by atoms with Gasteiger partial charge in [0.25, 0.3) is 5.91 Å². The fourth-order valence-electron chi connectivity index (χ4n) is 3.51. The van der Waals surface area contributed by atoms with Crippen molar-refractivity contribution in [1.82, 2.24) is 25.3 Å². The molecule has 7 nitrogen and oxygen atoms in total. The molecule has 5 aromatic rings. The number of pyridine rings is 2. The Hall–Kier alpha value is -3.71. The molecule has 0 aliphatic heterocycles. The average Bonchev–Trinajstić information content (AvgIpc) is 2.78. The van der Waals surface area contributed by atoms with Crippen LogP contribution in [0.15, 0.2) is 54.9 Å². The molecule has 0 saturated carbocycles. The van der Waals surface area contributed by atoms with Crippen LogP contribution in [0.1, 0.15) is 10.4 Å². The predicted octanol–water partition coefficient (Wildman–Crippen LogP) is 3.26. The van der Waals surface area contributed by atoms with Gasteiger partial charge in [-0.3, -0.25) is 14.8 Å². The normalized spacial score (nSPS) is 11.5. The number of carbonyl (C=O) groups excluding carboxylic acids is 1. The van der Waals surface area contributed by atoms with E-state index in [2.05, 4.69) is 15.3 Å². The molecule has 2 aromatic carbocycles. The summed E-state index contributed by atoms with van der Waals surface area (Å²) in [6.07, 6.45) is 3.50. The molecule has 1 N–H and O–H groups in total. The third-order valence-electron chi connectivity index (χ3n) is 4.87. The number of nitrogens with zero attached hydrogens (tertiary/aromatic N) is 4. The lowest BCUT2D eigenvalue weighted by molar-refractivity contribution is 0.0937. The predicted molar refractivity (Wildman–Crippen MR) is 112 cm³/mol. The highest BCUT2D eigenvalue weighted by molar-refractivity contribution is 6.21. The zero-order chi connectivity index (χ0) is 19.8. The van der Waals surface area contributed by atoms with Crippen LogP contribution >= 0.6 is 0 Å². The van der Waals surface area contributed by atoms with Crippen molar-refractivity contribution in [2.75, 3.05) is 20.3 Å². The van der Waals surface area contributed by atoms with E-state index >= 15 is 0 Å². The third-order valence-corrected chi connectivity index (χ3v) is 4.87. The largest absolute Gasteiger partial charge is 0.383 e. The highest BCUT2D eigenvalue weighted by atomic mass is 16.5. The first-order valence-electron chi connectivity index (χ1n) is 9.26. The van der Waals surface area contributed by atoms with Crippen molar-refractivity contribution >= 4 is 49.8 Å². The van der Waals surface area contributed by atoms with Gasteiger partial charge in [-0.05, 0) is 42.5 Å². The molecule has 0 radical (unpaired) electrons. The van der Waals surface area contributed by atoms with Crippen LogP contribution in [0.4, 0.5) is 0 Å². The molecule has 29 heavy (non-hydrogen) atoms. The van der Waals surface area contributed by atoms with Gasteiger partial charge in [-0.25, -0.2) is 9.97 Å². The SMILES string of the molecule is COCCNC(=O)c1ccc2nc3c4cccnc4c4ncccc4c3nc2c1. The van der Waals surface area contributed by atoms with Crippen LogP contribution in [-0.4, -0.2) is 46.1 Å². The fraction of sp³-hybridized carbons (Fsp3) is 0.136. The minimum Gasteiger partial charge on any atom is -0.383 e. The maximum Gasteiger partial charge on any atom is 0.251 e. The minimum absolute atomic E-state index is 0.167. The molecule has 0 spiro atoms. The molecule has 142 valence electrons. The van der Waals surface area contributed by atoms with Crippen LogP contribution in [0.2, 0.25) is 0 Å². The lowest BCUT2D eigenvalue weighted by Gasteiger charge is -2.09. The Balaban J connectivity index is 1.75. The molecule has 5 rings (SSSR count). The Labute approximate surface area is 165 Å². The summed E-state index contributed by atoms with van der Waals surface area (Å²) in [5.41, 5.74) is 5.03. The summed E-state index contributed by atoms with van der Waals surface area (Å²) in [5, 5.41) is 4.62. The summed E-state index contributed by atoms with van der Waals surface area (Å²) in [6.45, 7) is 0.913. The smallest absolute Gasteiger partial charge is 0.251 e. The first kappa shape index (κ1) is 17.4. The van der Waals surface area contributed by atoms with E-state index in [1.807, 2.05) is 30.3 Å². The van der Waals surface area contributed by atoms with Gasteiger partial charge in [0.15, 0.2) is 0 Å². The number of rotatable bonds is 4. The van der Waals surface area contributed by atoms with Crippen LogP contribution in [0, 0.1) is 0 Å². The molecule has 1 amide bonds. The van der Waals surface area contributed by atoms with Gasteiger partial charge in [-0.2, -0.15) is 0 Å². The molecule has 3 heterocycles. The molecule has 0 fully saturated rings. The summed E-state index contributed by atoms with van der Waals surface area (Å²) >= 11 is 0. The van der Waals surface area contributed by atoms with E-state index in [1.54, 1.807) is 31.6 Å². The van der Waals surface area contributed by atoms with Crippen molar-refractivity contribution in [1.29, 1.82) is 0 Å². The first-order valence-corrected chi connectivity index (χ1v) is 9.26. The number of carbonyl (C=O) groups is 1. The monoisotopic (exact) mass is 383 g/mol. The van der Waals surface area contributed by atoms with Gasteiger partial charge in [0.1, 0.15) is 0 Å². The summed E-state index contributed by atoms with van der Waals surface area (Å²) in [7, 11) is 1.60. The Morgan fingerprint density at radius 3 is 2.21 bits per heavy atom. The van der Waals surface area contributed by atoms with Crippen LogP contribution in [0.3, 0.4) is 0 Å². The first-order chi connectivity index (χ1) is 14.3. The molecular weight excluding hydrogens is 366 g/mol. The van der Waals surface area contributed by atoms with Crippen molar-refractivity contribution < 1.29 is 9.53 Å². The third kappa shape index (κ3) is 2.92. The zero-order valence-corrected chi connectivity index (χ0v) is 15.7. The molecule has 0 bridgehead atoms. The average molecular weight is 383 g/mol. The van der Waals surface area contributed by atoms with E-state index in [0.29, 0.717) is 24.2 Å². The standard InChI is InChI=1S/C22H17N5O2/c1-29-11-10-25-22(28)13-6-7-16-17(12-13)27-21-15-5-3-9-24-19(15)18-14(20(21)26-16)4-2-8-23-18/h2-9,12H,10-11H2,1H3,(H,25,28). The number of methoxy groups -OCH3 is 1. The minimum atomic E-state index is -0.167. The Morgan fingerprint density at radius 2 is 1.55 bits per heavy atom. The number of amides is 1. The van der Waals surface area contributed by atoms with Gasteiger partial charge in [0, 0.05) is 42.4 Å². The van der Waals surface area contributed by atoms with Crippen molar-refractivity contribution in [2.45, 2.75) is 0 Å². The van der Waals surface area contributed by atoms with Crippen molar-refractivity contribution in [3.8, 4) is 0 Å². The fourth-order valence-corrected chi connectivity index (χ4v) is 3.51. The quantitative estimate of drug-likeness (QED) is 0.291. The number of hydrogen-bond acceptors (Lipinski definition) is 6. The van der Waals surface area contributed by atoms with Crippen molar-refractivity contribution in [2.24, 2.45) is 0 Å². The van der Waals surface area contributed by atoms with Crippen LogP contribution in [-0.2, 0) is 4.74 Å². The van der Waals surface area contributed by atoms with Gasteiger partial charge in [0.05, 0.1) is 39.7 Å². The second-order valence-corrected chi connectivity index (χ2v) is 6.67. The molecule has 3 aromatic heterocycles. The molecule has 0 atom stereocenters. The van der Waals surface area contributed by atoms with E-state index in [-0.39, 0.29) is 5.91 Å². The molecule has 0 unspecified atom stereocenters. The second kappa shape index (κ2) is 7.03. The van der Waals surface area contributed by atoms with Gasteiger partial charge >= 0.3 is 0 Å². The van der Waals surface area contributed by atoms with E-state index in [0.717, 1.165) is 38.4 Å². The topological polar surface area (TPSA) is 89.9 Å². The number of hydrogen-bond donors (Lipinski definition) is 1. The summed E-state index contributed by atoms with van der Waals surface area (Å²) < 4.78 is 4.97. The summed E-state index contributed by atoms with van der Waals surface area (Å²) in [6, 6.07) is 13.1. The number of nitrogens with one attached hydrogen (secondary N) is 1. The molecule has 0 saturated heterocycles. The van der Waals surface area contributed by atoms with Crippen LogP contribution < -0.4 is 5.32 Å². The van der Waals surface area contributed by atoms with Gasteiger partial charge < -0.3 is 10.1 Å². The zero-order valence-electron chi connectivity index (χ0n) is 15.7. The highest BCUT2D eigenvalue weighted by Gasteiger charge is 2.14. The highest BCUT2D eigenvalue weighted by Crippen LogP contribution is 2.31. The van der Waals surface area contributed by atoms with E-state index in [1.165, 1.54) is 0 Å². The maximum absolute atomic E-state index is 12.4. The lowest BCUT2D eigenvalue weighted by Crippen LogP contribution is -2.26. The van der Waals surface area contributed by atoms with E-state index in [9.17, 15) is 4.79 Å². The van der Waals surface area contributed by atoms with E-state index < -0.39 is 0 Å². The van der Waals surface area contributed by atoms with E-state index in [4.69, 9.17) is 14.7 Å². The Kier molecular flexibility index (Phi) is 4.22. The second-order valence-electron chi connectivity index (χ2n) is 6.67. The van der Waals surface area contributed by atoms with Crippen LogP contribution in [0.5, 0.6) is 0 Å². The lowest BCUT2D eigenvalue weighted by atomic mass is 10.1. The number of ether oxygens (including phenoxy) is 1. The molecule has 0 aliphatic rings. The maximum atomic E-state index is 12.4. The molecular formula is C22H17N5O2. The van der Waals surface area contributed by atoms with Crippen LogP contribution in [0.25, 0.3) is 43.9 Å². The number of benzene rings is 2. The Bertz CT molecular complexity index is 1400. The van der Waals surface area contributed by atoms with Gasteiger partial charge in [-0.15, -0.1) is 0 Å². The number of fused-ring (bicyclic) bond motifs is 7. The summed E-state index contributed by atoms with van der Waals surface area (Å²) in [4.78, 5) is 31.1. The Morgan fingerprint density at radius 1 is 0.897 bits per heavy atom.